The second kappa shape index (κ2) is 9.52. The number of amides is 1. The molecule has 0 aliphatic carbocycles. The van der Waals surface area contributed by atoms with Gasteiger partial charge in [-0.25, -0.2) is 0 Å². The maximum Gasteiger partial charge on any atom is 0.255 e. The molecule has 2 aromatic carbocycles. The second-order valence-electron chi connectivity index (χ2n) is 8.31. The lowest BCUT2D eigenvalue weighted by atomic mass is 9.96. The second-order valence-corrected chi connectivity index (χ2v) is 8.31. The van der Waals surface area contributed by atoms with Crippen molar-refractivity contribution >= 4 is 11.6 Å². The highest BCUT2D eigenvalue weighted by atomic mass is 16.5. The fourth-order valence-electron chi connectivity index (χ4n) is 4.74. The standard InChI is InChI=1S/C25H33N3O2/c1-3-30-24-11-5-4-10-21(24)25(29)26-18-23(28-15-6-7-16-28)20-12-13-22-19(17-20)9-8-14-27(22)2/h4-5,10-13,17,23H,3,6-9,14-16,18H2,1-2H3,(H,26,29)/t23-/m0/s1. The van der Waals surface area contributed by atoms with Gasteiger partial charge in [0, 0.05) is 25.8 Å². The molecule has 0 spiro atoms. The van der Waals surface area contributed by atoms with Crippen LogP contribution < -0.4 is 15.0 Å². The zero-order chi connectivity index (χ0) is 20.9. The van der Waals surface area contributed by atoms with Gasteiger partial charge in [0.1, 0.15) is 5.75 Å². The maximum atomic E-state index is 13.0. The number of fused-ring (bicyclic) bond motifs is 1. The molecule has 0 radical (unpaired) electrons. The summed E-state index contributed by atoms with van der Waals surface area (Å²) in [5.41, 5.74) is 4.69. The lowest BCUT2D eigenvalue weighted by Crippen LogP contribution is -2.37. The highest BCUT2D eigenvalue weighted by Crippen LogP contribution is 2.32. The zero-order valence-electron chi connectivity index (χ0n) is 18.2. The van der Waals surface area contributed by atoms with Crippen molar-refractivity contribution in [3.8, 4) is 5.75 Å². The molecule has 0 bridgehead atoms. The van der Waals surface area contributed by atoms with Crippen molar-refractivity contribution in [2.24, 2.45) is 0 Å². The van der Waals surface area contributed by atoms with Crippen LogP contribution in [-0.4, -0.2) is 50.6 Å². The minimum atomic E-state index is -0.0686. The Labute approximate surface area is 180 Å². The predicted octanol–water partition coefficient (Wildman–Crippen LogP) is 4.03. The summed E-state index contributed by atoms with van der Waals surface area (Å²) in [6.45, 7) is 6.39. The van der Waals surface area contributed by atoms with Crippen LogP contribution in [0.3, 0.4) is 0 Å². The topological polar surface area (TPSA) is 44.8 Å². The van der Waals surface area contributed by atoms with Gasteiger partial charge in [-0.1, -0.05) is 24.3 Å². The Kier molecular flexibility index (Phi) is 6.58. The Morgan fingerprint density at radius 1 is 1.10 bits per heavy atom. The number of nitrogens with one attached hydrogen (secondary N) is 1. The first-order chi connectivity index (χ1) is 14.7. The van der Waals surface area contributed by atoms with Crippen LogP contribution in [0.1, 0.15) is 53.7 Å². The van der Waals surface area contributed by atoms with Gasteiger partial charge in [-0.3, -0.25) is 9.69 Å². The summed E-state index contributed by atoms with van der Waals surface area (Å²) in [6, 6.07) is 14.6. The normalized spacial score (nSPS) is 17.5. The van der Waals surface area contributed by atoms with Gasteiger partial charge < -0.3 is 15.0 Å². The summed E-state index contributed by atoms with van der Waals surface area (Å²) in [6.07, 6.45) is 4.79. The van der Waals surface area contributed by atoms with Gasteiger partial charge in [0.25, 0.3) is 5.91 Å². The lowest BCUT2D eigenvalue weighted by molar-refractivity contribution is 0.0934. The Hall–Kier alpha value is -2.53. The first-order valence-electron chi connectivity index (χ1n) is 11.3. The summed E-state index contributed by atoms with van der Waals surface area (Å²) in [7, 11) is 2.17. The number of benzene rings is 2. The van der Waals surface area contributed by atoms with E-state index in [2.05, 4.69) is 40.4 Å². The SMILES string of the molecule is CCOc1ccccc1C(=O)NC[C@@H](c1ccc2c(c1)CCCN2C)N1CCCC1. The number of carbonyl (C=O) groups excluding carboxylic acids is 1. The van der Waals surface area contributed by atoms with E-state index in [1.165, 1.54) is 36.1 Å². The third kappa shape index (κ3) is 4.46. The Balaban J connectivity index is 1.53. The molecule has 1 amide bonds. The number of para-hydroxylation sites is 1. The molecule has 1 fully saturated rings. The fraction of sp³-hybridized carbons (Fsp3) is 0.480. The van der Waals surface area contributed by atoms with Crippen LogP contribution in [0.25, 0.3) is 0 Å². The van der Waals surface area contributed by atoms with E-state index < -0.39 is 0 Å². The summed E-state index contributed by atoms with van der Waals surface area (Å²) in [5.74, 6) is 0.577. The first kappa shape index (κ1) is 20.7. The van der Waals surface area contributed by atoms with Crippen molar-refractivity contribution in [1.82, 2.24) is 10.2 Å². The molecule has 160 valence electrons. The van der Waals surface area contributed by atoms with Gasteiger partial charge in [0.15, 0.2) is 0 Å². The van der Waals surface area contributed by atoms with E-state index in [-0.39, 0.29) is 11.9 Å². The van der Waals surface area contributed by atoms with Crippen LogP contribution in [0.15, 0.2) is 42.5 Å². The fourth-order valence-corrected chi connectivity index (χ4v) is 4.74. The molecule has 0 saturated carbocycles. The van der Waals surface area contributed by atoms with Crippen LogP contribution in [-0.2, 0) is 6.42 Å². The average molecular weight is 408 g/mol. The van der Waals surface area contributed by atoms with Gasteiger partial charge in [0.05, 0.1) is 18.2 Å². The van der Waals surface area contributed by atoms with E-state index in [1.54, 1.807) is 0 Å². The molecule has 1 saturated heterocycles. The predicted molar refractivity (Wildman–Crippen MR) is 122 cm³/mol. The zero-order valence-corrected chi connectivity index (χ0v) is 18.2. The molecule has 2 aromatic rings. The molecule has 4 rings (SSSR count). The Bertz CT molecular complexity index is 876. The molecule has 5 nitrogen and oxygen atoms in total. The lowest BCUT2D eigenvalue weighted by Gasteiger charge is -2.32. The van der Waals surface area contributed by atoms with Crippen molar-refractivity contribution in [2.45, 2.75) is 38.6 Å². The van der Waals surface area contributed by atoms with Crippen molar-refractivity contribution in [3.63, 3.8) is 0 Å². The van der Waals surface area contributed by atoms with E-state index in [0.29, 0.717) is 24.5 Å². The number of hydrogen-bond acceptors (Lipinski definition) is 4. The highest BCUT2D eigenvalue weighted by molar-refractivity contribution is 5.96. The maximum absolute atomic E-state index is 13.0. The monoisotopic (exact) mass is 407 g/mol. The number of likely N-dealkylation sites (tertiary alicyclic amines) is 1. The van der Waals surface area contributed by atoms with Crippen LogP contribution >= 0.6 is 0 Å². The Morgan fingerprint density at radius 2 is 1.90 bits per heavy atom. The van der Waals surface area contributed by atoms with E-state index in [1.807, 2.05) is 31.2 Å². The summed E-state index contributed by atoms with van der Waals surface area (Å²) < 4.78 is 5.65. The molecule has 2 heterocycles. The van der Waals surface area contributed by atoms with Crippen molar-refractivity contribution in [3.05, 3.63) is 59.2 Å². The van der Waals surface area contributed by atoms with Crippen molar-refractivity contribution in [1.29, 1.82) is 0 Å². The van der Waals surface area contributed by atoms with Gasteiger partial charge in [0.2, 0.25) is 0 Å². The number of anilines is 1. The average Bonchev–Trinajstić information content (AvgIpc) is 3.29. The smallest absolute Gasteiger partial charge is 0.255 e. The summed E-state index contributed by atoms with van der Waals surface area (Å²) in [4.78, 5) is 17.8. The first-order valence-corrected chi connectivity index (χ1v) is 11.3. The van der Waals surface area contributed by atoms with Crippen LogP contribution in [0.4, 0.5) is 5.69 Å². The van der Waals surface area contributed by atoms with Crippen molar-refractivity contribution < 1.29 is 9.53 Å². The number of ether oxygens (including phenoxy) is 1. The summed E-state index contributed by atoms with van der Waals surface area (Å²) >= 11 is 0. The summed E-state index contributed by atoms with van der Waals surface area (Å²) in [5, 5.41) is 3.19. The largest absolute Gasteiger partial charge is 0.493 e. The molecule has 0 aromatic heterocycles. The number of aryl methyl sites for hydroxylation is 1. The molecule has 1 atom stereocenters. The number of nitrogens with zero attached hydrogens (tertiary/aromatic N) is 2. The number of hydrogen-bond donors (Lipinski definition) is 1. The third-order valence-corrected chi connectivity index (χ3v) is 6.31. The van der Waals surface area contributed by atoms with Gasteiger partial charge in [-0.2, -0.15) is 0 Å². The van der Waals surface area contributed by atoms with Gasteiger partial charge in [-0.05, 0) is 75.0 Å². The van der Waals surface area contributed by atoms with Crippen LogP contribution in [0.5, 0.6) is 5.75 Å². The van der Waals surface area contributed by atoms with Gasteiger partial charge in [-0.15, -0.1) is 0 Å². The highest BCUT2D eigenvalue weighted by Gasteiger charge is 2.26. The minimum absolute atomic E-state index is 0.0686. The number of rotatable bonds is 7. The van der Waals surface area contributed by atoms with E-state index in [0.717, 1.165) is 26.1 Å². The molecular formula is C25H33N3O2. The number of carbonyl (C=O) groups is 1. The quantitative estimate of drug-likeness (QED) is 0.753. The molecule has 30 heavy (non-hydrogen) atoms. The molecule has 0 unspecified atom stereocenters. The molecular weight excluding hydrogens is 374 g/mol. The molecule has 2 aliphatic heterocycles. The molecule has 1 N–H and O–H groups in total. The van der Waals surface area contributed by atoms with Crippen molar-refractivity contribution in [2.75, 3.05) is 44.7 Å². The van der Waals surface area contributed by atoms with Crippen LogP contribution in [0, 0.1) is 0 Å². The third-order valence-electron chi connectivity index (χ3n) is 6.31. The minimum Gasteiger partial charge on any atom is -0.493 e. The molecule has 2 aliphatic rings. The van der Waals surface area contributed by atoms with E-state index in [4.69, 9.17) is 4.74 Å². The molecule has 5 heteroatoms. The van der Waals surface area contributed by atoms with E-state index in [9.17, 15) is 4.79 Å². The van der Waals surface area contributed by atoms with Crippen LogP contribution in [0.2, 0.25) is 0 Å². The van der Waals surface area contributed by atoms with E-state index >= 15 is 0 Å². The van der Waals surface area contributed by atoms with Gasteiger partial charge >= 0.3 is 0 Å². The Morgan fingerprint density at radius 3 is 2.70 bits per heavy atom.